The van der Waals surface area contributed by atoms with E-state index in [0.29, 0.717) is 18.4 Å². The highest BCUT2D eigenvalue weighted by molar-refractivity contribution is 5.95. The molecule has 5 N–H and O–H groups in total. The standard InChI is InChI=1S/C53H95N3O8/c1-4-6-8-10-12-14-16-18-20-22-24-26-28-30-32-37-41-55(47(58)40-36-31-29-27-25-23-21-19-17-15-13-11-9-7-5-2)52-48(50(60)49(59)46(42-57)64-52)56(51(61)44(3)54)53(62)63-43-45-38-34-33-35-39-45/h33-35,38-39,44,46,48-50,52,57,59-60H,4-32,36-37,40-43,54H2,1-3H3/t44-,46+,48+,49+,50+,52+/m0/s1. The van der Waals surface area contributed by atoms with Gasteiger partial charge in [-0.1, -0.05) is 230 Å². The molecule has 0 aliphatic carbocycles. The van der Waals surface area contributed by atoms with Crippen LogP contribution in [0.3, 0.4) is 0 Å². The largest absolute Gasteiger partial charge is 0.444 e. The lowest BCUT2D eigenvalue weighted by molar-refractivity contribution is -0.244. The van der Waals surface area contributed by atoms with Crippen LogP contribution < -0.4 is 5.73 Å². The molecule has 3 amide bonds. The predicted molar refractivity (Wildman–Crippen MR) is 259 cm³/mol. The number of hydrogen-bond acceptors (Lipinski definition) is 9. The summed E-state index contributed by atoms with van der Waals surface area (Å²) in [6.45, 7) is 5.41. The van der Waals surface area contributed by atoms with E-state index in [1.165, 1.54) is 160 Å². The monoisotopic (exact) mass is 902 g/mol. The van der Waals surface area contributed by atoms with Gasteiger partial charge in [-0.2, -0.15) is 0 Å². The van der Waals surface area contributed by atoms with Crippen LogP contribution in [0.25, 0.3) is 0 Å². The summed E-state index contributed by atoms with van der Waals surface area (Å²) in [6.07, 6.45) is 30.7. The molecule has 1 aromatic rings. The van der Waals surface area contributed by atoms with Crippen molar-refractivity contribution < 1.29 is 39.2 Å². The van der Waals surface area contributed by atoms with Crippen LogP contribution in [0.5, 0.6) is 0 Å². The van der Waals surface area contributed by atoms with Crippen molar-refractivity contribution in [1.29, 1.82) is 0 Å². The number of benzene rings is 1. The number of unbranched alkanes of at least 4 members (excludes halogenated alkanes) is 29. The summed E-state index contributed by atoms with van der Waals surface area (Å²) in [6, 6.07) is 6.28. The zero-order valence-corrected chi connectivity index (χ0v) is 41.0. The third-order valence-corrected chi connectivity index (χ3v) is 13.1. The molecule has 1 aromatic carbocycles. The van der Waals surface area contributed by atoms with E-state index in [1.54, 1.807) is 24.3 Å². The van der Waals surface area contributed by atoms with E-state index in [0.717, 1.165) is 43.4 Å². The van der Waals surface area contributed by atoms with Crippen molar-refractivity contribution in [2.24, 2.45) is 5.73 Å². The summed E-state index contributed by atoms with van der Waals surface area (Å²) in [5.74, 6) is -1.07. The van der Waals surface area contributed by atoms with E-state index in [2.05, 4.69) is 13.8 Å². The van der Waals surface area contributed by atoms with Crippen LogP contribution in [0.4, 0.5) is 4.79 Å². The smallest absolute Gasteiger partial charge is 0.417 e. The molecule has 1 aliphatic rings. The molecule has 11 nitrogen and oxygen atoms in total. The van der Waals surface area contributed by atoms with Crippen molar-refractivity contribution in [2.75, 3.05) is 13.2 Å². The third kappa shape index (κ3) is 24.3. The number of rotatable bonds is 39. The molecule has 1 fully saturated rings. The molecular formula is C53H95N3O8. The number of imide groups is 1. The fourth-order valence-electron chi connectivity index (χ4n) is 9.00. The Morgan fingerprint density at radius 1 is 0.625 bits per heavy atom. The van der Waals surface area contributed by atoms with Crippen LogP contribution in [-0.4, -0.2) is 92.8 Å². The molecule has 1 saturated heterocycles. The van der Waals surface area contributed by atoms with Gasteiger partial charge in [-0.05, 0) is 25.3 Å². The number of nitrogens with two attached hydrogens (primary N) is 1. The number of amides is 3. The highest BCUT2D eigenvalue weighted by Gasteiger charge is 2.53. The number of aliphatic hydroxyl groups is 3. The van der Waals surface area contributed by atoms with E-state index < -0.39 is 55.2 Å². The highest BCUT2D eigenvalue weighted by atomic mass is 16.6. The number of ether oxygens (including phenoxy) is 2. The van der Waals surface area contributed by atoms with Crippen molar-refractivity contribution in [3.05, 3.63) is 35.9 Å². The van der Waals surface area contributed by atoms with Gasteiger partial charge in [0.05, 0.1) is 12.6 Å². The maximum Gasteiger partial charge on any atom is 0.417 e. The van der Waals surface area contributed by atoms with Gasteiger partial charge in [0.2, 0.25) is 11.8 Å². The first-order valence-electron chi connectivity index (χ1n) is 26.4. The van der Waals surface area contributed by atoms with E-state index in [9.17, 15) is 29.7 Å². The molecule has 0 spiro atoms. The molecule has 64 heavy (non-hydrogen) atoms. The first-order chi connectivity index (χ1) is 31.2. The lowest BCUT2D eigenvalue weighted by atomic mass is 9.93. The first-order valence-corrected chi connectivity index (χ1v) is 26.4. The lowest BCUT2D eigenvalue weighted by Crippen LogP contribution is -2.71. The number of hydrogen-bond donors (Lipinski definition) is 4. The van der Waals surface area contributed by atoms with Crippen molar-refractivity contribution >= 4 is 17.9 Å². The fourth-order valence-corrected chi connectivity index (χ4v) is 9.00. The molecule has 6 atom stereocenters. The normalized spacial score (nSPS) is 19.1. The summed E-state index contributed by atoms with van der Waals surface area (Å²) < 4.78 is 11.9. The Bertz CT molecular complexity index is 1300. The quantitative estimate of drug-likeness (QED) is 0.0471. The second-order valence-electron chi connectivity index (χ2n) is 18.8. The molecule has 370 valence electrons. The van der Waals surface area contributed by atoms with Gasteiger partial charge in [0.15, 0.2) is 6.23 Å². The number of nitrogens with zero attached hydrogens (tertiary/aromatic N) is 2. The van der Waals surface area contributed by atoms with Gasteiger partial charge in [-0.3, -0.25) is 9.59 Å². The van der Waals surface area contributed by atoms with E-state index >= 15 is 0 Å². The van der Waals surface area contributed by atoms with Crippen LogP contribution in [-0.2, 0) is 25.7 Å². The van der Waals surface area contributed by atoms with Crippen molar-refractivity contribution in [1.82, 2.24) is 9.80 Å². The molecule has 1 aliphatic heterocycles. The topological polar surface area (TPSA) is 163 Å². The zero-order valence-electron chi connectivity index (χ0n) is 41.0. The summed E-state index contributed by atoms with van der Waals surface area (Å²) in [4.78, 5) is 44.2. The van der Waals surface area contributed by atoms with Crippen molar-refractivity contribution in [3.8, 4) is 0 Å². The van der Waals surface area contributed by atoms with E-state index in [-0.39, 0.29) is 25.5 Å². The summed E-state index contributed by atoms with van der Waals surface area (Å²) in [5.41, 5.74) is 6.76. The molecule has 0 unspecified atom stereocenters. The van der Waals surface area contributed by atoms with Crippen molar-refractivity contribution in [3.63, 3.8) is 0 Å². The fraction of sp³-hybridized carbons (Fsp3) is 0.830. The molecule has 0 bridgehead atoms. The maximum absolute atomic E-state index is 14.3. The van der Waals surface area contributed by atoms with Crippen LogP contribution >= 0.6 is 0 Å². The Kier molecular flexibility index (Phi) is 33.7. The molecule has 11 heteroatoms. The minimum Gasteiger partial charge on any atom is -0.444 e. The van der Waals surface area contributed by atoms with Gasteiger partial charge in [0.25, 0.3) is 0 Å². The van der Waals surface area contributed by atoms with Crippen LogP contribution in [0.2, 0.25) is 0 Å². The van der Waals surface area contributed by atoms with Crippen LogP contribution in [0.1, 0.15) is 232 Å². The predicted octanol–water partition coefficient (Wildman–Crippen LogP) is 11.7. The Labute approximate surface area is 390 Å². The van der Waals surface area contributed by atoms with E-state index in [1.807, 2.05) is 6.07 Å². The van der Waals surface area contributed by atoms with Crippen molar-refractivity contribution in [2.45, 2.75) is 269 Å². The first kappa shape index (κ1) is 57.6. The summed E-state index contributed by atoms with van der Waals surface area (Å²) in [5, 5.41) is 33.0. The number of carbonyl (C=O) groups excluding carboxylic acids is 3. The minimum atomic E-state index is -1.75. The van der Waals surface area contributed by atoms with Gasteiger partial charge in [0, 0.05) is 13.0 Å². The molecule has 0 aromatic heterocycles. The number of carbonyl (C=O) groups is 3. The van der Waals surface area contributed by atoms with Crippen LogP contribution in [0, 0.1) is 0 Å². The third-order valence-electron chi connectivity index (χ3n) is 13.1. The Hall–Kier alpha value is -2.57. The zero-order chi connectivity index (χ0) is 46.6. The average Bonchev–Trinajstić information content (AvgIpc) is 3.30. The summed E-state index contributed by atoms with van der Waals surface area (Å²) >= 11 is 0. The van der Waals surface area contributed by atoms with Gasteiger partial charge in [0.1, 0.15) is 31.0 Å². The Morgan fingerprint density at radius 2 is 1.03 bits per heavy atom. The van der Waals surface area contributed by atoms with Gasteiger partial charge in [-0.25, -0.2) is 9.69 Å². The highest BCUT2D eigenvalue weighted by Crippen LogP contribution is 2.30. The van der Waals surface area contributed by atoms with Gasteiger partial charge >= 0.3 is 6.09 Å². The molecule has 2 rings (SSSR count). The number of aliphatic hydroxyl groups excluding tert-OH is 3. The average molecular weight is 902 g/mol. The second kappa shape index (κ2) is 37.5. The molecule has 0 saturated carbocycles. The SMILES string of the molecule is CCCCCCCCCCCCCCCCCCN(C(=O)CCCCCCCCCCCCCCCCC)[C@@H]1O[C@H](CO)[C@@H](O)[C@H](O)[C@H]1N(C(=O)OCc1ccccc1)C(=O)[C@H](C)N. The van der Waals surface area contributed by atoms with Crippen LogP contribution in [0.15, 0.2) is 30.3 Å². The summed E-state index contributed by atoms with van der Waals surface area (Å²) in [7, 11) is 0. The second-order valence-corrected chi connectivity index (χ2v) is 18.8. The van der Waals surface area contributed by atoms with E-state index in [4.69, 9.17) is 15.2 Å². The maximum atomic E-state index is 14.3. The lowest BCUT2D eigenvalue weighted by Gasteiger charge is -2.49. The molecular weight excluding hydrogens is 807 g/mol. The Morgan fingerprint density at radius 3 is 1.44 bits per heavy atom. The Balaban J connectivity index is 2.05. The molecule has 1 heterocycles. The van der Waals surface area contributed by atoms with Gasteiger partial charge < -0.3 is 35.4 Å². The minimum absolute atomic E-state index is 0.153. The van der Waals surface area contributed by atoms with Gasteiger partial charge in [-0.15, -0.1) is 0 Å². The molecule has 0 radical (unpaired) electrons.